The summed E-state index contributed by atoms with van der Waals surface area (Å²) in [7, 11) is 0. The highest BCUT2D eigenvalue weighted by atomic mass is 79.9. The zero-order valence-corrected chi connectivity index (χ0v) is 7.78. The van der Waals surface area contributed by atoms with E-state index in [0.717, 1.165) is 4.48 Å². The first-order chi connectivity index (χ1) is 5.70. The summed E-state index contributed by atoms with van der Waals surface area (Å²) in [5.41, 5.74) is 0.280. The van der Waals surface area contributed by atoms with E-state index < -0.39 is 5.97 Å². The van der Waals surface area contributed by atoms with Gasteiger partial charge in [-0.05, 0) is 24.3 Å². The number of rotatable bonds is 1. The van der Waals surface area contributed by atoms with E-state index in [2.05, 4.69) is 15.9 Å². The van der Waals surface area contributed by atoms with Crippen LogP contribution in [0.1, 0.15) is 0 Å². The van der Waals surface area contributed by atoms with Crippen molar-refractivity contribution >= 4 is 21.9 Å². The fourth-order valence-corrected chi connectivity index (χ4v) is 1.05. The summed E-state index contributed by atoms with van der Waals surface area (Å²) < 4.78 is 0.916. The zero-order chi connectivity index (χ0) is 8.97. The van der Waals surface area contributed by atoms with Crippen molar-refractivity contribution in [3.05, 3.63) is 46.5 Å². The van der Waals surface area contributed by atoms with Crippen LogP contribution in [0.4, 0.5) is 0 Å². The molecule has 1 aliphatic rings. The fourth-order valence-electron chi connectivity index (χ4n) is 0.741. The lowest BCUT2D eigenvalue weighted by atomic mass is 10.2. The Balaban J connectivity index is 2.91. The van der Waals surface area contributed by atoms with Crippen molar-refractivity contribution in [2.75, 3.05) is 0 Å². The van der Waals surface area contributed by atoms with Crippen molar-refractivity contribution in [1.82, 2.24) is 0 Å². The molecule has 0 unspecified atom stereocenters. The maximum Gasteiger partial charge on any atom is 0.335 e. The van der Waals surface area contributed by atoms with E-state index in [1.165, 1.54) is 0 Å². The van der Waals surface area contributed by atoms with Gasteiger partial charge < -0.3 is 5.11 Å². The minimum atomic E-state index is -0.915. The Labute approximate surface area is 78.7 Å². The van der Waals surface area contributed by atoms with Crippen LogP contribution < -0.4 is 0 Å². The predicted molar refractivity (Wildman–Crippen MR) is 51.0 cm³/mol. The Morgan fingerprint density at radius 1 is 1.25 bits per heavy atom. The van der Waals surface area contributed by atoms with E-state index in [0.29, 0.717) is 0 Å². The Bertz CT molecular complexity index is 308. The summed E-state index contributed by atoms with van der Waals surface area (Å²) in [4.78, 5) is 10.5. The molecular formula is C9H7BrO2. The third-order valence-corrected chi connectivity index (χ3v) is 1.84. The first-order valence-electron chi connectivity index (χ1n) is 3.35. The van der Waals surface area contributed by atoms with Crippen molar-refractivity contribution in [2.24, 2.45) is 0 Å². The lowest BCUT2D eigenvalue weighted by Crippen LogP contribution is -1.96. The van der Waals surface area contributed by atoms with Gasteiger partial charge in [0, 0.05) is 4.48 Å². The Kier molecular flexibility index (Phi) is 3.05. The van der Waals surface area contributed by atoms with Gasteiger partial charge in [-0.1, -0.05) is 28.1 Å². The molecule has 0 spiro atoms. The molecule has 1 N–H and O–H groups in total. The highest BCUT2D eigenvalue weighted by Crippen LogP contribution is 2.10. The van der Waals surface area contributed by atoms with Gasteiger partial charge in [0.15, 0.2) is 0 Å². The highest BCUT2D eigenvalue weighted by molar-refractivity contribution is 9.11. The topological polar surface area (TPSA) is 37.3 Å². The summed E-state index contributed by atoms with van der Waals surface area (Å²) in [6.45, 7) is 0. The number of aliphatic carboxylic acids is 1. The van der Waals surface area contributed by atoms with Crippen molar-refractivity contribution in [1.29, 1.82) is 0 Å². The molecule has 0 heterocycles. The molecule has 0 fully saturated rings. The quantitative estimate of drug-likeness (QED) is 0.746. The smallest absolute Gasteiger partial charge is 0.335 e. The molecule has 1 rings (SSSR count). The summed E-state index contributed by atoms with van der Waals surface area (Å²) >= 11 is 3.28. The zero-order valence-electron chi connectivity index (χ0n) is 6.20. The predicted octanol–water partition coefficient (Wildman–Crippen LogP) is 2.40. The molecule has 0 aliphatic heterocycles. The van der Waals surface area contributed by atoms with E-state index in [4.69, 9.17) is 5.11 Å². The summed E-state index contributed by atoms with van der Waals surface area (Å²) in [5.74, 6) is -0.915. The van der Waals surface area contributed by atoms with Crippen LogP contribution in [0.2, 0.25) is 0 Å². The van der Waals surface area contributed by atoms with Crippen molar-refractivity contribution in [3.8, 4) is 0 Å². The lowest BCUT2D eigenvalue weighted by molar-refractivity contribution is -0.132. The van der Waals surface area contributed by atoms with Gasteiger partial charge in [0.05, 0.1) is 5.57 Å². The minimum Gasteiger partial charge on any atom is -0.478 e. The number of halogens is 1. The molecule has 0 amide bonds. The standard InChI is InChI=1S/C9H7BrO2/c10-8-5-1-3-7(9(11)12)4-2-6-8/h1-6H,(H,11,12)/b3-1-,4-2?,5-1?,6-2-,7-3?,7-4+,8-5+,8-6?. The minimum absolute atomic E-state index is 0.280. The first-order valence-corrected chi connectivity index (χ1v) is 4.15. The van der Waals surface area contributed by atoms with Crippen LogP contribution in [-0.4, -0.2) is 11.1 Å². The van der Waals surface area contributed by atoms with E-state index in [-0.39, 0.29) is 5.57 Å². The van der Waals surface area contributed by atoms with Crippen LogP contribution in [0.25, 0.3) is 0 Å². The van der Waals surface area contributed by atoms with E-state index in [9.17, 15) is 4.79 Å². The lowest BCUT2D eigenvalue weighted by Gasteiger charge is -1.94. The average Bonchev–Trinajstić information content (AvgIpc) is 1.95. The number of hydrogen-bond donors (Lipinski definition) is 1. The van der Waals surface area contributed by atoms with Gasteiger partial charge in [-0.25, -0.2) is 4.79 Å². The molecule has 0 radical (unpaired) electrons. The first kappa shape index (κ1) is 9.00. The third kappa shape index (κ3) is 2.51. The summed E-state index contributed by atoms with van der Waals surface area (Å²) in [6.07, 6.45) is 10.0. The molecule has 2 nitrogen and oxygen atoms in total. The molecule has 0 saturated carbocycles. The molecule has 0 bridgehead atoms. The molecular weight excluding hydrogens is 220 g/mol. The SMILES string of the molecule is O=C(O)C1=C/C=C\C(Br)=C/C=C\1. The van der Waals surface area contributed by atoms with Gasteiger partial charge in [-0.15, -0.1) is 0 Å². The van der Waals surface area contributed by atoms with E-state index >= 15 is 0 Å². The molecule has 12 heavy (non-hydrogen) atoms. The van der Waals surface area contributed by atoms with Crippen molar-refractivity contribution in [3.63, 3.8) is 0 Å². The van der Waals surface area contributed by atoms with Gasteiger partial charge in [-0.3, -0.25) is 0 Å². The third-order valence-electron chi connectivity index (χ3n) is 1.31. The molecule has 62 valence electrons. The number of carboxylic acids is 1. The Morgan fingerprint density at radius 3 is 2.58 bits per heavy atom. The number of hydrogen-bond acceptors (Lipinski definition) is 1. The number of carboxylic acid groups (broad SMARTS) is 1. The van der Waals surface area contributed by atoms with Gasteiger partial charge in [0.25, 0.3) is 0 Å². The van der Waals surface area contributed by atoms with Crippen molar-refractivity contribution < 1.29 is 9.90 Å². The second kappa shape index (κ2) is 4.07. The molecule has 3 heteroatoms. The fraction of sp³-hybridized carbons (Fsp3) is 0. The highest BCUT2D eigenvalue weighted by Gasteiger charge is 2.00. The number of allylic oxidation sites excluding steroid dienone is 6. The van der Waals surface area contributed by atoms with E-state index in [1.807, 2.05) is 0 Å². The maximum atomic E-state index is 10.5. The Hall–Kier alpha value is -1.09. The second-order valence-electron chi connectivity index (χ2n) is 2.20. The van der Waals surface area contributed by atoms with Gasteiger partial charge in [0.2, 0.25) is 0 Å². The van der Waals surface area contributed by atoms with Crippen LogP contribution >= 0.6 is 15.9 Å². The van der Waals surface area contributed by atoms with E-state index in [1.54, 1.807) is 36.5 Å². The molecule has 0 aromatic heterocycles. The maximum absolute atomic E-state index is 10.5. The molecule has 0 atom stereocenters. The van der Waals surface area contributed by atoms with Crippen LogP contribution in [0.15, 0.2) is 46.5 Å². The van der Waals surface area contributed by atoms with Crippen LogP contribution in [0, 0.1) is 0 Å². The molecule has 0 saturated heterocycles. The number of carbonyl (C=O) groups is 1. The molecule has 1 aliphatic carbocycles. The monoisotopic (exact) mass is 226 g/mol. The Morgan fingerprint density at radius 2 is 1.92 bits per heavy atom. The van der Waals surface area contributed by atoms with Crippen molar-refractivity contribution in [2.45, 2.75) is 0 Å². The largest absolute Gasteiger partial charge is 0.478 e. The summed E-state index contributed by atoms with van der Waals surface area (Å²) in [6, 6.07) is 0. The molecule has 0 aromatic rings. The second-order valence-corrected chi connectivity index (χ2v) is 3.11. The van der Waals surface area contributed by atoms with Crippen LogP contribution in [0.3, 0.4) is 0 Å². The molecule has 0 aromatic carbocycles. The van der Waals surface area contributed by atoms with Crippen LogP contribution in [-0.2, 0) is 4.79 Å². The summed E-state index contributed by atoms with van der Waals surface area (Å²) in [5, 5.41) is 8.64. The average molecular weight is 227 g/mol. The van der Waals surface area contributed by atoms with Gasteiger partial charge >= 0.3 is 5.97 Å². The van der Waals surface area contributed by atoms with Gasteiger partial charge in [0.1, 0.15) is 0 Å². The normalized spacial score (nSPS) is 30.1. The van der Waals surface area contributed by atoms with Crippen LogP contribution in [0.5, 0.6) is 0 Å². The van der Waals surface area contributed by atoms with Gasteiger partial charge in [-0.2, -0.15) is 0 Å².